The summed E-state index contributed by atoms with van der Waals surface area (Å²) < 4.78 is 14.7. The second-order valence-corrected chi connectivity index (χ2v) is 7.88. The number of hydrogen-bond acceptors (Lipinski definition) is 6. The number of nitrogens with zero attached hydrogens (tertiary/aromatic N) is 4. The van der Waals surface area contributed by atoms with Gasteiger partial charge in [-0.25, -0.2) is 14.4 Å². The summed E-state index contributed by atoms with van der Waals surface area (Å²) in [5.74, 6) is -0.899. The Morgan fingerprint density at radius 3 is 2.87 bits per heavy atom. The highest BCUT2D eigenvalue weighted by molar-refractivity contribution is 7.16. The number of fused-ring (bicyclic) bond motifs is 2. The lowest BCUT2D eigenvalue weighted by Crippen LogP contribution is -2.30. The summed E-state index contributed by atoms with van der Waals surface area (Å²) in [5.41, 5.74) is 10.7. The number of carbonyl (C=O) groups is 1. The fourth-order valence-corrected chi connectivity index (χ4v) is 4.18. The summed E-state index contributed by atoms with van der Waals surface area (Å²) in [5, 5.41) is 0.641. The van der Waals surface area contributed by atoms with Gasteiger partial charge in [0.25, 0.3) is 5.91 Å². The van der Waals surface area contributed by atoms with E-state index in [1.165, 1.54) is 17.4 Å². The average molecular weight is 429 g/mol. The van der Waals surface area contributed by atoms with Crippen LogP contribution in [0.5, 0.6) is 0 Å². The van der Waals surface area contributed by atoms with Crippen molar-refractivity contribution in [2.45, 2.75) is 6.54 Å². The van der Waals surface area contributed by atoms with Crippen molar-refractivity contribution >= 4 is 49.9 Å². The van der Waals surface area contributed by atoms with Crippen LogP contribution in [0.4, 0.5) is 15.9 Å². The third-order valence-electron chi connectivity index (χ3n) is 4.99. The van der Waals surface area contributed by atoms with Gasteiger partial charge in [0.1, 0.15) is 5.52 Å². The molecule has 0 fully saturated rings. The first-order chi connectivity index (χ1) is 15.1. The molecule has 0 atom stereocenters. The van der Waals surface area contributed by atoms with Gasteiger partial charge in [0, 0.05) is 17.8 Å². The number of para-hydroxylation sites is 1. The number of pyridine rings is 2. The first-order valence-corrected chi connectivity index (χ1v) is 10.4. The van der Waals surface area contributed by atoms with E-state index in [0.29, 0.717) is 22.2 Å². The third-order valence-corrected chi connectivity index (χ3v) is 5.78. The molecule has 152 valence electrons. The predicted octanol–water partition coefficient (Wildman–Crippen LogP) is 4.81. The molecule has 0 saturated carbocycles. The van der Waals surface area contributed by atoms with Crippen LogP contribution in [0.3, 0.4) is 0 Å². The van der Waals surface area contributed by atoms with Crippen LogP contribution in [0.1, 0.15) is 15.9 Å². The van der Waals surface area contributed by atoms with Crippen molar-refractivity contribution in [3.8, 4) is 0 Å². The fourth-order valence-electron chi connectivity index (χ4n) is 3.48. The Morgan fingerprint density at radius 2 is 2.03 bits per heavy atom. The van der Waals surface area contributed by atoms with E-state index in [4.69, 9.17) is 5.73 Å². The molecule has 31 heavy (non-hydrogen) atoms. The Bertz CT molecular complexity index is 1420. The number of benzene rings is 2. The number of nitrogens with two attached hydrogens (primary N) is 1. The van der Waals surface area contributed by atoms with Crippen molar-refractivity contribution in [3.63, 3.8) is 0 Å². The normalized spacial score (nSPS) is 11.1. The molecule has 0 saturated heterocycles. The Morgan fingerprint density at radius 1 is 1.13 bits per heavy atom. The zero-order valence-corrected chi connectivity index (χ0v) is 17.0. The standard InChI is InChI=1S/C23H16FN5OS/c24-17-10-15-7-6-14(9-18(15)28-22(17)25)12-29(23(30)16-3-2-8-26-11-16)19-4-1-5-20-21(19)27-13-31-20/h1-11,13H,12H2,(H2,25,28). The first kappa shape index (κ1) is 19.1. The van der Waals surface area contributed by atoms with Gasteiger partial charge in [0.05, 0.1) is 33.5 Å². The first-order valence-electron chi connectivity index (χ1n) is 9.49. The molecular formula is C23H16FN5OS. The van der Waals surface area contributed by atoms with Crippen molar-refractivity contribution in [1.29, 1.82) is 0 Å². The molecule has 0 radical (unpaired) electrons. The van der Waals surface area contributed by atoms with Crippen LogP contribution in [0, 0.1) is 5.82 Å². The second-order valence-electron chi connectivity index (χ2n) is 6.99. The minimum atomic E-state index is -0.552. The molecular weight excluding hydrogens is 413 g/mol. The number of halogens is 1. The van der Waals surface area contributed by atoms with Crippen LogP contribution in [-0.4, -0.2) is 20.9 Å². The van der Waals surface area contributed by atoms with E-state index in [-0.39, 0.29) is 18.3 Å². The molecule has 3 aromatic heterocycles. The molecule has 8 heteroatoms. The highest BCUT2D eigenvalue weighted by Gasteiger charge is 2.21. The molecule has 2 N–H and O–H groups in total. The largest absolute Gasteiger partial charge is 0.381 e. The van der Waals surface area contributed by atoms with Crippen LogP contribution >= 0.6 is 11.3 Å². The molecule has 0 aliphatic rings. The van der Waals surface area contributed by atoms with Gasteiger partial charge in [-0.05, 0) is 42.0 Å². The van der Waals surface area contributed by atoms with Crippen molar-refractivity contribution in [1.82, 2.24) is 15.0 Å². The number of carbonyl (C=O) groups excluding carboxylic acids is 1. The lowest BCUT2D eigenvalue weighted by Gasteiger charge is -2.23. The van der Waals surface area contributed by atoms with Gasteiger partial charge in [0.15, 0.2) is 11.6 Å². The Labute approximate surface area is 180 Å². The number of nitrogen functional groups attached to an aromatic ring is 1. The summed E-state index contributed by atoms with van der Waals surface area (Å²) in [6, 6.07) is 16.0. The van der Waals surface area contributed by atoms with Crippen LogP contribution < -0.4 is 10.6 Å². The van der Waals surface area contributed by atoms with Crippen molar-refractivity contribution in [2.75, 3.05) is 10.6 Å². The number of amides is 1. The number of anilines is 2. The van der Waals surface area contributed by atoms with Crippen molar-refractivity contribution < 1.29 is 9.18 Å². The zero-order valence-electron chi connectivity index (χ0n) is 16.2. The minimum absolute atomic E-state index is 0.153. The van der Waals surface area contributed by atoms with E-state index in [0.717, 1.165) is 15.8 Å². The topological polar surface area (TPSA) is 85.0 Å². The number of rotatable bonds is 4. The smallest absolute Gasteiger partial charge is 0.260 e. The van der Waals surface area contributed by atoms with Gasteiger partial charge in [-0.1, -0.05) is 18.2 Å². The molecule has 0 aliphatic heterocycles. The summed E-state index contributed by atoms with van der Waals surface area (Å²) in [4.78, 5) is 27.8. The third kappa shape index (κ3) is 3.57. The molecule has 3 heterocycles. The van der Waals surface area contributed by atoms with Crippen LogP contribution in [0.15, 0.2) is 72.5 Å². The molecule has 0 aliphatic carbocycles. The second kappa shape index (κ2) is 7.73. The SMILES string of the molecule is Nc1nc2cc(CN(C(=O)c3cccnc3)c3cccc4scnc34)ccc2cc1F. The maximum atomic E-state index is 13.7. The highest BCUT2D eigenvalue weighted by Crippen LogP contribution is 2.31. The molecule has 0 spiro atoms. The molecule has 5 rings (SSSR count). The lowest BCUT2D eigenvalue weighted by molar-refractivity contribution is 0.0985. The van der Waals surface area contributed by atoms with Crippen molar-refractivity contribution in [2.24, 2.45) is 0 Å². The van der Waals surface area contributed by atoms with E-state index in [1.807, 2.05) is 30.3 Å². The fraction of sp³-hybridized carbons (Fsp3) is 0.0435. The maximum Gasteiger partial charge on any atom is 0.260 e. The van der Waals surface area contributed by atoms with E-state index in [9.17, 15) is 9.18 Å². The van der Waals surface area contributed by atoms with Gasteiger partial charge < -0.3 is 10.6 Å². The Kier molecular flexibility index (Phi) is 4.76. The van der Waals surface area contributed by atoms with E-state index < -0.39 is 5.82 Å². The van der Waals surface area contributed by atoms with Gasteiger partial charge in [0.2, 0.25) is 0 Å². The molecule has 1 amide bonds. The van der Waals surface area contributed by atoms with Gasteiger partial charge in [-0.3, -0.25) is 9.78 Å². The zero-order chi connectivity index (χ0) is 21.4. The monoisotopic (exact) mass is 429 g/mol. The molecule has 0 unspecified atom stereocenters. The molecule has 5 aromatic rings. The van der Waals surface area contributed by atoms with Gasteiger partial charge >= 0.3 is 0 Å². The van der Waals surface area contributed by atoms with Gasteiger partial charge in [-0.15, -0.1) is 11.3 Å². The molecule has 2 aromatic carbocycles. The quantitative estimate of drug-likeness (QED) is 0.443. The average Bonchev–Trinajstić information content (AvgIpc) is 3.28. The summed E-state index contributed by atoms with van der Waals surface area (Å²) in [7, 11) is 0. The number of aromatic nitrogens is 3. The van der Waals surface area contributed by atoms with E-state index in [2.05, 4.69) is 15.0 Å². The lowest BCUT2D eigenvalue weighted by atomic mass is 10.1. The van der Waals surface area contributed by atoms with E-state index >= 15 is 0 Å². The van der Waals surface area contributed by atoms with Crippen LogP contribution in [-0.2, 0) is 6.54 Å². The Balaban J connectivity index is 1.61. The minimum Gasteiger partial charge on any atom is -0.381 e. The molecule has 0 bridgehead atoms. The Hall–Kier alpha value is -3.91. The highest BCUT2D eigenvalue weighted by atomic mass is 32.1. The number of thiazole rings is 1. The molecule has 6 nitrogen and oxygen atoms in total. The number of hydrogen-bond donors (Lipinski definition) is 1. The summed E-state index contributed by atoms with van der Waals surface area (Å²) in [6.07, 6.45) is 3.17. The van der Waals surface area contributed by atoms with Crippen LogP contribution in [0.2, 0.25) is 0 Å². The predicted molar refractivity (Wildman–Crippen MR) is 120 cm³/mol. The van der Waals surface area contributed by atoms with Gasteiger partial charge in [-0.2, -0.15) is 0 Å². The van der Waals surface area contributed by atoms with Crippen molar-refractivity contribution in [3.05, 3.63) is 89.4 Å². The summed E-state index contributed by atoms with van der Waals surface area (Å²) in [6.45, 7) is 0.277. The van der Waals surface area contributed by atoms with E-state index in [1.54, 1.807) is 41.0 Å². The summed E-state index contributed by atoms with van der Waals surface area (Å²) >= 11 is 1.52. The maximum absolute atomic E-state index is 13.7. The van der Waals surface area contributed by atoms with Crippen LogP contribution in [0.25, 0.3) is 21.1 Å².